The van der Waals surface area contributed by atoms with Crippen LogP contribution >= 0.6 is 24.8 Å². The van der Waals surface area contributed by atoms with E-state index in [-0.39, 0.29) is 48.5 Å². The molecule has 0 bridgehead atoms. The van der Waals surface area contributed by atoms with Crippen LogP contribution in [0.25, 0.3) is 11.3 Å². The van der Waals surface area contributed by atoms with Gasteiger partial charge in [0, 0.05) is 50.9 Å². The summed E-state index contributed by atoms with van der Waals surface area (Å²) in [6.45, 7) is 5.92. The number of nitrogens with one attached hydrogen (secondary N) is 1. The number of aliphatic hydroxyl groups excluding tert-OH is 1. The smallest absolute Gasteiger partial charge is 0.251 e. The number of amides is 2. The van der Waals surface area contributed by atoms with E-state index in [1.54, 1.807) is 30.2 Å². The summed E-state index contributed by atoms with van der Waals surface area (Å²) in [5.41, 5.74) is 1.41. The Morgan fingerprint density at radius 1 is 1.08 bits per heavy atom. The van der Waals surface area contributed by atoms with Crippen LogP contribution in [0.1, 0.15) is 26.2 Å². The van der Waals surface area contributed by atoms with Crippen molar-refractivity contribution in [2.75, 3.05) is 50.7 Å². The fraction of sp³-hybridized carbons (Fsp3) is 0.542. The molecule has 37 heavy (non-hydrogen) atoms. The Labute approximate surface area is 228 Å². The van der Waals surface area contributed by atoms with Gasteiger partial charge in [0.1, 0.15) is 11.9 Å². The Bertz CT molecular complexity index is 1020. The van der Waals surface area contributed by atoms with Crippen LogP contribution in [0.5, 0.6) is 0 Å². The average Bonchev–Trinajstić information content (AvgIpc) is 2.89. The van der Waals surface area contributed by atoms with E-state index in [0.29, 0.717) is 76.7 Å². The summed E-state index contributed by atoms with van der Waals surface area (Å²) in [5.74, 6) is -0.0282. The van der Waals surface area contributed by atoms with Gasteiger partial charge < -0.3 is 20.2 Å². The molecular weight excluding hydrogens is 524 g/mol. The predicted molar refractivity (Wildman–Crippen MR) is 142 cm³/mol. The van der Waals surface area contributed by atoms with Gasteiger partial charge in [-0.2, -0.15) is 5.10 Å². The number of hydrogen-bond donors (Lipinski definition) is 2. The molecule has 1 unspecified atom stereocenters. The largest absolute Gasteiger partial charge is 0.383 e. The van der Waals surface area contributed by atoms with Crippen molar-refractivity contribution in [3.05, 3.63) is 36.3 Å². The lowest BCUT2D eigenvalue weighted by molar-refractivity contribution is -0.141. The zero-order valence-electron chi connectivity index (χ0n) is 20.8. The highest BCUT2D eigenvalue weighted by atomic mass is 35.5. The maximum absolute atomic E-state index is 13.2. The Morgan fingerprint density at radius 3 is 2.35 bits per heavy atom. The summed E-state index contributed by atoms with van der Waals surface area (Å²) in [7, 11) is 0. The number of carbonyl (C=O) groups is 2. The van der Waals surface area contributed by atoms with Crippen molar-refractivity contribution in [1.82, 2.24) is 30.3 Å². The molecule has 13 heteroatoms. The van der Waals surface area contributed by atoms with Crippen molar-refractivity contribution in [3.8, 4) is 11.3 Å². The Kier molecular flexibility index (Phi) is 11.9. The lowest BCUT2D eigenvalue weighted by atomic mass is 10.0. The number of benzene rings is 1. The first-order valence-electron chi connectivity index (χ1n) is 12.1. The molecule has 2 fully saturated rings. The number of aromatic nitrogens is 3. The highest BCUT2D eigenvalue weighted by Crippen LogP contribution is 2.19. The van der Waals surface area contributed by atoms with Crippen LogP contribution in [0.15, 0.2) is 30.5 Å². The molecule has 4 rings (SSSR count). The first kappa shape index (κ1) is 30.6. The zero-order chi connectivity index (χ0) is 24.8. The Morgan fingerprint density at radius 2 is 1.73 bits per heavy atom. The quantitative estimate of drug-likeness (QED) is 0.526. The number of anilines is 1. The van der Waals surface area contributed by atoms with Crippen molar-refractivity contribution in [2.45, 2.75) is 38.3 Å². The predicted octanol–water partition coefficient (Wildman–Crippen LogP) is 1.52. The molecule has 2 saturated heterocycles. The summed E-state index contributed by atoms with van der Waals surface area (Å²) in [5, 5.41) is 21.0. The zero-order valence-corrected chi connectivity index (χ0v) is 22.4. The highest BCUT2D eigenvalue weighted by molar-refractivity contribution is 5.85. The fourth-order valence-corrected chi connectivity index (χ4v) is 4.40. The minimum absolute atomic E-state index is 0. The number of carbonyl (C=O) groups excluding carboxylic acids is 2. The van der Waals surface area contributed by atoms with Gasteiger partial charge >= 0.3 is 0 Å². The van der Waals surface area contributed by atoms with Crippen molar-refractivity contribution >= 4 is 42.6 Å². The molecule has 10 nitrogen and oxygen atoms in total. The van der Waals surface area contributed by atoms with Crippen LogP contribution in [0.4, 0.5) is 10.3 Å². The number of piperazine rings is 1. The van der Waals surface area contributed by atoms with Crippen LogP contribution in [-0.2, 0) is 9.59 Å². The van der Waals surface area contributed by atoms with Gasteiger partial charge in [-0.05, 0) is 43.5 Å². The van der Waals surface area contributed by atoms with E-state index in [1.807, 2.05) is 4.90 Å². The van der Waals surface area contributed by atoms with Gasteiger partial charge in [-0.1, -0.05) is 6.92 Å². The summed E-state index contributed by atoms with van der Waals surface area (Å²) >= 11 is 0. The lowest BCUT2D eigenvalue weighted by Crippen LogP contribution is -2.53. The van der Waals surface area contributed by atoms with Crippen molar-refractivity contribution in [1.29, 1.82) is 0 Å². The van der Waals surface area contributed by atoms with Crippen molar-refractivity contribution < 1.29 is 19.1 Å². The second-order valence-electron chi connectivity index (χ2n) is 9.00. The minimum atomic E-state index is -0.939. The molecule has 0 spiro atoms. The molecule has 1 atom stereocenters. The second-order valence-corrected chi connectivity index (χ2v) is 9.00. The van der Waals surface area contributed by atoms with Gasteiger partial charge in [0.25, 0.3) is 5.91 Å². The Hall–Kier alpha value is -2.60. The molecule has 2 amide bonds. The maximum atomic E-state index is 13.2. The minimum Gasteiger partial charge on any atom is -0.383 e. The van der Waals surface area contributed by atoms with E-state index in [1.165, 1.54) is 12.1 Å². The molecular formula is C24H34Cl2FN7O3. The number of likely N-dealkylation sites (tertiary alicyclic amines) is 1. The van der Waals surface area contributed by atoms with Gasteiger partial charge in [0.2, 0.25) is 11.9 Å². The first-order chi connectivity index (χ1) is 16.9. The molecule has 204 valence electrons. The van der Waals surface area contributed by atoms with E-state index in [2.05, 4.69) is 25.4 Å². The Balaban J connectivity index is 0.00000241. The van der Waals surface area contributed by atoms with Crippen LogP contribution in [-0.4, -0.2) is 99.9 Å². The van der Waals surface area contributed by atoms with Gasteiger partial charge in [0.05, 0.1) is 18.4 Å². The molecule has 2 aromatic rings. The third-order valence-corrected chi connectivity index (χ3v) is 6.55. The number of aliphatic hydroxyl groups is 1. The van der Waals surface area contributed by atoms with E-state index >= 15 is 0 Å². The van der Waals surface area contributed by atoms with Gasteiger partial charge in [0.15, 0.2) is 0 Å². The van der Waals surface area contributed by atoms with E-state index in [0.717, 1.165) is 5.56 Å². The number of hydrogen-bond acceptors (Lipinski definition) is 8. The number of piperidine rings is 1. The molecule has 2 aliphatic heterocycles. The standard InChI is InChI=1S/C24H32FN7O3.2ClH/c1-2-21(33)23(35)31-9-7-19(8-10-31)27-22(34)16-30-11-13-32(14-12-30)24-28-20(15-26-29-24)17-3-5-18(25)6-4-17;;/h3-6,15,19,21,33H,2,7-14,16H2,1H3,(H,27,34);2*1H. The molecule has 2 aliphatic rings. The summed E-state index contributed by atoms with van der Waals surface area (Å²) in [4.78, 5) is 35.1. The van der Waals surface area contributed by atoms with E-state index < -0.39 is 6.10 Å². The van der Waals surface area contributed by atoms with Crippen molar-refractivity contribution in [2.24, 2.45) is 0 Å². The van der Waals surface area contributed by atoms with Gasteiger partial charge in [-0.25, -0.2) is 9.37 Å². The third-order valence-electron chi connectivity index (χ3n) is 6.55. The number of nitrogens with zero attached hydrogens (tertiary/aromatic N) is 6. The number of halogens is 3. The summed E-state index contributed by atoms with van der Waals surface area (Å²) in [6.07, 6.45) is 2.41. The maximum Gasteiger partial charge on any atom is 0.251 e. The molecule has 0 aliphatic carbocycles. The molecule has 1 aromatic carbocycles. The first-order valence-corrected chi connectivity index (χ1v) is 12.1. The topological polar surface area (TPSA) is 115 Å². The molecule has 0 saturated carbocycles. The SMILES string of the molecule is CCC(O)C(=O)N1CCC(NC(=O)CN2CCN(c3nncc(-c4ccc(F)cc4)n3)CC2)CC1.Cl.Cl. The van der Waals surface area contributed by atoms with Gasteiger partial charge in [-0.3, -0.25) is 14.5 Å². The second kappa shape index (κ2) is 14.4. The van der Waals surface area contributed by atoms with E-state index in [4.69, 9.17) is 0 Å². The number of rotatable bonds is 7. The van der Waals surface area contributed by atoms with E-state index in [9.17, 15) is 19.1 Å². The molecule has 3 heterocycles. The van der Waals surface area contributed by atoms with Crippen LogP contribution < -0.4 is 10.2 Å². The van der Waals surface area contributed by atoms with Gasteiger partial charge in [-0.15, -0.1) is 29.9 Å². The monoisotopic (exact) mass is 557 g/mol. The average molecular weight is 558 g/mol. The van der Waals surface area contributed by atoms with Crippen LogP contribution in [0.2, 0.25) is 0 Å². The summed E-state index contributed by atoms with van der Waals surface area (Å²) < 4.78 is 13.2. The normalized spacial score (nSPS) is 17.4. The van der Waals surface area contributed by atoms with Crippen molar-refractivity contribution in [3.63, 3.8) is 0 Å². The van der Waals surface area contributed by atoms with Crippen LogP contribution in [0.3, 0.4) is 0 Å². The molecule has 1 aromatic heterocycles. The summed E-state index contributed by atoms with van der Waals surface area (Å²) in [6, 6.07) is 6.15. The third kappa shape index (κ3) is 8.19. The van der Waals surface area contributed by atoms with Crippen LogP contribution in [0, 0.1) is 5.82 Å². The highest BCUT2D eigenvalue weighted by Gasteiger charge is 2.28. The fourth-order valence-electron chi connectivity index (χ4n) is 4.40. The molecule has 2 N–H and O–H groups in total. The lowest BCUT2D eigenvalue weighted by Gasteiger charge is -2.35. The molecule has 0 radical (unpaired) electrons.